The van der Waals surface area contributed by atoms with Gasteiger partial charge in [0, 0.05) is 17.3 Å². The molecule has 1 aliphatic carbocycles. The summed E-state index contributed by atoms with van der Waals surface area (Å²) in [5.41, 5.74) is 9.50. The van der Waals surface area contributed by atoms with Crippen LogP contribution in [0.15, 0.2) is 29.3 Å². The minimum Gasteiger partial charge on any atom is -0.370 e. The Morgan fingerprint density at radius 3 is 2.95 bits per heavy atom. The lowest BCUT2D eigenvalue weighted by Gasteiger charge is -2.12. The molecule has 1 aliphatic rings. The second-order valence-corrected chi connectivity index (χ2v) is 5.70. The molecule has 0 aliphatic heterocycles. The predicted molar refractivity (Wildman–Crippen MR) is 83.8 cm³/mol. The third-order valence-electron chi connectivity index (χ3n) is 3.96. The fourth-order valence-corrected chi connectivity index (χ4v) is 2.93. The molecule has 0 radical (unpaired) electrons. The van der Waals surface area contributed by atoms with E-state index in [2.05, 4.69) is 46.5 Å². The highest BCUT2D eigenvalue weighted by Gasteiger charge is 2.14. The molecule has 4 N–H and O–H groups in total. The largest absolute Gasteiger partial charge is 0.370 e. The molecular weight excluding hydrogens is 248 g/mol. The normalized spacial score (nSPS) is 16.9. The molecule has 1 heterocycles. The van der Waals surface area contributed by atoms with Gasteiger partial charge >= 0.3 is 0 Å². The van der Waals surface area contributed by atoms with Crippen LogP contribution in [0.5, 0.6) is 0 Å². The van der Waals surface area contributed by atoms with Crippen molar-refractivity contribution in [1.82, 2.24) is 10.3 Å². The minimum absolute atomic E-state index is 0.522. The summed E-state index contributed by atoms with van der Waals surface area (Å²) in [6.07, 6.45) is 5.03. The van der Waals surface area contributed by atoms with Gasteiger partial charge < -0.3 is 16.0 Å². The number of aromatic nitrogens is 1. The van der Waals surface area contributed by atoms with Gasteiger partial charge in [-0.25, -0.2) is 4.99 Å². The van der Waals surface area contributed by atoms with Crippen molar-refractivity contribution < 1.29 is 0 Å². The minimum atomic E-state index is 0.522. The van der Waals surface area contributed by atoms with E-state index in [-0.39, 0.29) is 0 Å². The molecule has 0 bridgehead atoms. The first kappa shape index (κ1) is 13.0. The maximum Gasteiger partial charge on any atom is 0.189 e. The van der Waals surface area contributed by atoms with E-state index in [0.29, 0.717) is 18.5 Å². The molecule has 0 saturated heterocycles. The van der Waals surface area contributed by atoms with Crippen LogP contribution in [0.3, 0.4) is 0 Å². The molecule has 4 nitrogen and oxygen atoms in total. The topological polar surface area (TPSA) is 66.2 Å². The van der Waals surface area contributed by atoms with Crippen LogP contribution in [-0.2, 0) is 6.54 Å². The molecule has 0 atom stereocenters. The molecule has 0 amide bonds. The second kappa shape index (κ2) is 5.57. The Kier molecular flexibility index (Phi) is 3.63. The van der Waals surface area contributed by atoms with E-state index in [1.807, 2.05) is 0 Å². The van der Waals surface area contributed by atoms with Crippen LogP contribution >= 0.6 is 0 Å². The molecule has 0 unspecified atom stereocenters. The number of hydrogen-bond acceptors (Lipinski definition) is 1. The summed E-state index contributed by atoms with van der Waals surface area (Å²) < 4.78 is 0. The summed E-state index contributed by atoms with van der Waals surface area (Å²) in [7, 11) is 0. The number of fused-ring (bicyclic) bond motifs is 1. The zero-order valence-electron chi connectivity index (χ0n) is 11.9. The zero-order chi connectivity index (χ0) is 13.9. The van der Waals surface area contributed by atoms with Crippen molar-refractivity contribution in [2.24, 2.45) is 10.7 Å². The number of benzene rings is 1. The number of nitrogens with one attached hydrogen (secondary N) is 2. The maximum atomic E-state index is 5.95. The van der Waals surface area contributed by atoms with Crippen LogP contribution in [0.25, 0.3) is 10.9 Å². The molecule has 20 heavy (non-hydrogen) atoms. The molecular formula is C16H22N4. The standard InChI is InChI=1S/C16H22N4/c1-11-8-13-9-12(6-7-15(13)19-11)10-18-16(17)20-14-4-2-3-5-14/h6-9,14,19H,2-5,10H2,1H3,(H3,17,18,20). The SMILES string of the molecule is Cc1cc2cc(CN=C(N)NC3CCCC3)ccc2[nH]1. The van der Waals surface area contributed by atoms with Crippen molar-refractivity contribution in [1.29, 1.82) is 0 Å². The summed E-state index contributed by atoms with van der Waals surface area (Å²) in [5, 5.41) is 4.55. The summed E-state index contributed by atoms with van der Waals surface area (Å²) in [4.78, 5) is 7.77. The lowest BCUT2D eigenvalue weighted by molar-refractivity contribution is 0.625. The molecule has 106 valence electrons. The molecule has 1 fully saturated rings. The first-order valence-electron chi connectivity index (χ1n) is 7.35. The van der Waals surface area contributed by atoms with Gasteiger partial charge in [-0.2, -0.15) is 0 Å². The first-order chi connectivity index (χ1) is 9.70. The van der Waals surface area contributed by atoms with E-state index < -0.39 is 0 Å². The molecule has 3 rings (SSSR count). The van der Waals surface area contributed by atoms with Crippen molar-refractivity contribution in [3.05, 3.63) is 35.5 Å². The number of aryl methyl sites for hydroxylation is 1. The Morgan fingerprint density at radius 1 is 1.35 bits per heavy atom. The number of nitrogens with zero attached hydrogens (tertiary/aromatic N) is 1. The van der Waals surface area contributed by atoms with Gasteiger partial charge in [-0.15, -0.1) is 0 Å². The Bertz CT molecular complexity index is 620. The number of aliphatic imine (C=N–C) groups is 1. The Labute approximate surface area is 119 Å². The van der Waals surface area contributed by atoms with E-state index in [1.54, 1.807) is 0 Å². The second-order valence-electron chi connectivity index (χ2n) is 5.70. The van der Waals surface area contributed by atoms with Gasteiger partial charge in [-0.1, -0.05) is 18.9 Å². The van der Waals surface area contributed by atoms with Gasteiger partial charge in [0.05, 0.1) is 6.54 Å². The first-order valence-corrected chi connectivity index (χ1v) is 7.35. The highest BCUT2D eigenvalue weighted by molar-refractivity contribution is 5.81. The van der Waals surface area contributed by atoms with Crippen molar-refractivity contribution in [2.45, 2.75) is 45.2 Å². The molecule has 2 aromatic rings. The molecule has 1 aromatic heterocycles. The van der Waals surface area contributed by atoms with Crippen molar-refractivity contribution >= 4 is 16.9 Å². The fraction of sp³-hybridized carbons (Fsp3) is 0.438. The van der Waals surface area contributed by atoms with Crippen LogP contribution < -0.4 is 11.1 Å². The number of H-pyrrole nitrogens is 1. The Morgan fingerprint density at radius 2 is 2.15 bits per heavy atom. The van der Waals surface area contributed by atoms with Crippen molar-refractivity contribution in [2.75, 3.05) is 0 Å². The molecule has 1 aromatic carbocycles. The van der Waals surface area contributed by atoms with Crippen LogP contribution in [0, 0.1) is 6.92 Å². The van der Waals surface area contributed by atoms with Gasteiger partial charge in [-0.3, -0.25) is 0 Å². The number of guanidine groups is 1. The van der Waals surface area contributed by atoms with Gasteiger partial charge in [0.2, 0.25) is 0 Å². The number of hydrogen-bond donors (Lipinski definition) is 3. The highest BCUT2D eigenvalue weighted by Crippen LogP contribution is 2.18. The number of aromatic amines is 1. The van der Waals surface area contributed by atoms with Crippen molar-refractivity contribution in [3.63, 3.8) is 0 Å². The molecule has 1 saturated carbocycles. The predicted octanol–water partition coefficient (Wildman–Crippen LogP) is 2.82. The van der Waals surface area contributed by atoms with E-state index in [9.17, 15) is 0 Å². The third kappa shape index (κ3) is 2.95. The fourth-order valence-electron chi connectivity index (χ4n) is 2.93. The van der Waals surface area contributed by atoms with Crippen LogP contribution in [0.2, 0.25) is 0 Å². The smallest absolute Gasteiger partial charge is 0.189 e. The summed E-state index contributed by atoms with van der Waals surface area (Å²) >= 11 is 0. The molecule has 4 heteroatoms. The van der Waals surface area contributed by atoms with E-state index in [1.165, 1.54) is 47.8 Å². The van der Waals surface area contributed by atoms with Crippen LogP contribution in [-0.4, -0.2) is 17.0 Å². The van der Waals surface area contributed by atoms with E-state index >= 15 is 0 Å². The van der Waals surface area contributed by atoms with Crippen LogP contribution in [0.1, 0.15) is 36.9 Å². The lowest BCUT2D eigenvalue weighted by atomic mass is 10.1. The van der Waals surface area contributed by atoms with E-state index in [4.69, 9.17) is 5.73 Å². The average molecular weight is 270 g/mol. The van der Waals surface area contributed by atoms with Gasteiger partial charge in [0.1, 0.15) is 0 Å². The van der Waals surface area contributed by atoms with Gasteiger partial charge in [0.15, 0.2) is 5.96 Å². The molecule has 0 spiro atoms. The third-order valence-corrected chi connectivity index (χ3v) is 3.96. The summed E-state index contributed by atoms with van der Waals surface area (Å²) in [6, 6.07) is 9.06. The van der Waals surface area contributed by atoms with Crippen LogP contribution in [0.4, 0.5) is 0 Å². The summed E-state index contributed by atoms with van der Waals surface area (Å²) in [5.74, 6) is 0.572. The average Bonchev–Trinajstić information content (AvgIpc) is 3.04. The number of nitrogens with two attached hydrogens (primary N) is 1. The monoisotopic (exact) mass is 270 g/mol. The Hall–Kier alpha value is -1.97. The quantitative estimate of drug-likeness (QED) is 0.593. The Balaban J connectivity index is 1.65. The maximum absolute atomic E-state index is 5.95. The van der Waals surface area contributed by atoms with Gasteiger partial charge in [-0.05, 0) is 48.9 Å². The highest BCUT2D eigenvalue weighted by atomic mass is 15.1. The van der Waals surface area contributed by atoms with Gasteiger partial charge in [0.25, 0.3) is 0 Å². The van der Waals surface area contributed by atoms with E-state index in [0.717, 1.165) is 0 Å². The number of rotatable bonds is 3. The summed E-state index contributed by atoms with van der Waals surface area (Å²) in [6.45, 7) is 2.70. The zero-order valence-corrected chi connectivity index (χ0v) is 11.9. The van der Waals surface area contributed by atoms with Crippen molar-refractivity contribution in [3.8, 4) is 0 Å². The lowest BCUT2D eigenvalue weighted by Crippen LogP contribution is -2.38.